The van der Waals surface area contributed by atoms with Crippen molar-refractivity contribution in [1.29, 1.82) is 0 Å². The highest BCUT2D eigenvalue weighted by molar-refractivity contribution is 5.68. The number of carboxylic acids is 1. The maximum atomic E-state index is 10.7. The molecule has 1 N–H and O–H groups in total. The summed E-state index contributed by atoms with van der Waals surface area (Å²) in [5.41, 5.74) is 0. The third kappa shape index (κ3) is 7.27. The van der Waals surface area contributed by atoms with Crippen molar-refractivity contribution >= 4 is 11.9 Å². The molecule has 0 aliphatic heterocycles. The van der Waals surface area contributed by atoms with Crippen LogP contribution in [0.25, 0.3) is 0 Å². The van der Waals surface area contributed by atoms with E-state index in [1.165, 1.54) is 6.92 Å². The fourth-order valence-electron chi connectivity index (χ4n) is 0.662. The molecule has 76 valence electrons. The van der Waals surface area contributed by atoms with Crippen LogP contribution in [0.1, 0.15) is 33.1 Å². The Morgan fingerprint density at radius 2 is 2.08 bits per heavy atom. The molecule has 0 unspecified atom stereocenters. The summed E-state index contributed by atoms with van der Waals surface area (Å²) >= 11 is 0. The highest BCUT2D eigenvalue weighted by Gasteiger charge is 2.11. The molecule has 0 rings (SSSR count). The molecule has 0 aliphatic rings. The van der Waals surface area contributed by atoms with Gasteiger partial charge in [0.05, 0.1) is 6.42 Å². The second kappa shape index (κ2) is 6.42. The molecule has 0 aromatic carbocycles. The zero-order valence-corrected chi connectivity index (χ0v) is 7.78. The second-order valence-corrected chi connectivity index (χ2v) is 2.71. The molecule has 0 fully saturated rings. The average molecular weight is 190 g/mol. The second-order valence-electron chi connectivity index (χ2n) is 2.71. The van der Waals surface area contributed by atoms with Crippen LogP contribution in [0.15, 0.2) is 0 Å². The monoisotopic (exact) mass is 190 g/mol. The SMILES string of the molecule is CCCC(=O)OO[C@H](C)CC(=O)O. The summed E-state index contributed by atoms with van der Waals surface area (Å²) in [6, 6.07) is 0. The molecule has 0 saturated carbocycles. The molecule has 0 spiro atoms. The van der Waals surface area contributed by atoms with Gasteiger partial charge in [0.15, 0.2) is 0 Å². The van der Waals surface area contributed by atoms with Crippen LogP contribution in [0.5, 0.6) is 0 Å². The van der Waals surface area contributed by atoms with Gasteiger partial charge in [-0.25, -0.2) is 4.79 Å². The van der Waals surface area contributed by atoms with E-state index in [9.17, 15) is 9.59 Å². The number of hydrogen-bond acceptors (Lipinski definition) is 4. The van der Waals surface area contributed by atoms with Crippen molar-refractivity contribution < 1.29 is 24.5 Å². The van der Waals surface area contributed by atoms with Gasteiger partial charge in [-0.3, -0.25) is 9.68 Å². The van der Waals surface area contributed by atoms with Crippen molar-refractivity contribution in [2.45, 2.75) is 39.2 Å². The van der Waals surface area contributed by atoms with E-state index >= 15 is 0 Å². The lowest BCUT2D eigenvalue weighted by Crippen LogP contribution is -2.16. The zero-order chi connectivity index (χ0) is 10.3. The van der Waals surface area contributed by atoms with Crippen LogP contribution in [0, 0.1) is 0 Å². The molecule has 0 radical (unpaired) electrons. The number of carbonyl (C=O) groups excluding carboxylic acids is 1. The Bertz CT molecular complexity index is 177. The Balaban J connectivity index is 3.51. The number of carbonyl (C=O) groups is 2. The van der Waals surface area contributed by atoms with Crippen LogP contribution in [0.2, 0.25) is 0 Å². The van der Waals surface area contributed by atoms with Crippen LogP contribution >= 0.6 is 0 Å². The first kappa shape index (κ1) is 11.9. The molecule has 0 aromatic rings. The quantitative estimate of drug-likeness (QED) is 0.502. The first-order valence-corrected chi connectivity index (χ1v) is 4.14. The summed E-state index contributed by atoms with van der Waals surface area (Å²) in [5.74, 6) is -1.46. The average Bonchev–Trinajstić information content (AvgIpc) is 2.00. The predicted molar refractivity (Wildman–Crippen MR) is 43.8 cm³/mol. The molecule has 0 aromatic heterocycles. The number of hydrogen-bond donors (Lipinski definition) is 1. The molecule has 1 atom stereocenters. The number of carboxylic acid groups (broad SMARTS) is 1. The summed E-state index contributed by atoms with van der Waals surface area (Å²) in [4.78, 5) is 29.8. The van der Waals surface area contributed by atoms with Gasteiger partial charge in [-0.05, 0) is 13.3 Å². The number of rotatable bonds is 6. The largest absolute Gasteiger partial charge is 0.481 e. The molecule has 5 nitrogen and oxygen atoms in total. The first-order valence-electron chi connectivity index (χ1n) is 4.14. The Morgan fingerprint density at radius 1 is 1.46 bits per heavy atom. The zero-order valence-electron chi connectivity index (χ0n) is 7.78. The minimum absolute atomic E-state index is 0.181. The topological polar surface area (TPSA) is 72.8 Å². The van der Waals surface area contributed by atoms with Gasteiger partial charge in [-0.15, -0.1) is 0 Å². The molecule has 0 amide bonds. The normalized spacial score (nSPS) is 12.2. The van der Waals surface area contributed by atoms with E-state index in [2.05, 4.69) is 9.78 Å². The van der Waals surface area contributed by atoms with Crippen LogP contribution in [-0.4, -0.2) is 23.1 Å². The lowest BCUT2D eigenvalue weighted by molar-refractivity contribution is -0.295. The smallest absolute Gasteiger partial charge is 0.342 e. The third-order valence-electron chi connectivity index (χ3n) is 1.22. The summed E-state index contributed by atoms with van der Waals surface area (Å²) in [6.45, 7) is 3.36. The van der Waals surface area contributed by atoms with Gasteiger partial charge >= 0.3 is 11.9 Å². The first-order chi connectivity index (χ1) is 6.06. The van der Waals surface area contributed by atoms with Gasteiger partial charge < -0.3 is 5.11 Å². The van der Waals surface area contributed by atoms with Crippen molar-refractivity contribution in [2.75, 3.05) is 0 Å². The maximum Gasteiger partial charge on any atom is 0.342 e. The molecule has 0 heterocycles. The van der Waals surface area contributed by atoms with E-state index in [4.69, 9.17) is 5.11 Å². The van der Waals surface area contributed by atoms with Gasteiger partial charge in [0.25, 0.3) is 0 Å². The van der Waals surface area contributed by atoms with E-state index in [0.717, 1.165) is 0 Å². The van der Waals surface area contributed by atoms with Gasteiger partial charge in [0, 0.05) is 6.42 Å². The van der Waals surface area contributed by atoms with Crippen LogP contribution < -0.4 is 0 Å². The van der Waals surface area contributed by atoms with Crippen LogP contribution in [0.4, 0.5) is 0 Å². The fourth-order valence-corrected chi connectivity index (χ4v) is 0.662. The van der Waals surface area contributed by atoms with E-state index in [1.54, 1.807) is 0 Å². The van der Waals surface area contributed by atoms with Crippen molar-refractivity contribution in [3.63, 3.8) is 0 Å². The summed E-state index contributed by atoms with van der Waals surface area (Å²) < 4.78 is 0. The summed E-state index contributed by atoms with van der Waals surface area (Å²) in [5, 5.41) is 8.33. The van der Waals surface area contributed by atoms with E-state index in [0.29, 0.717) is 6.42 Å². The summed E-state index contributed by atoms with van der Waals surface area (Å²) in [6.07, 6.45) is 0.160. The third-order valence-corrected chi connectivity index (χ3v) is 1.22. The fraction of sp³-hybridized carbons (Fsp3) is 0.750. The minimum atomic E-state index is -0.987. The number of aliphatic carboxylic acids is 1. The Hall–Kier alpha value is -1.10. The summed E-state index contributed by atoms with van der Waals surface area (Å²) in [7, 11) is 0. The molecule has 5 heteroatoms. The molecule has 13 heavy (non-hydrogen) atoms. The van der Waals surface area contributed by atoms with Gasteiger partial charge in [-0.1, -0.05) is 6.92 Å². The van der Waals surface area contributed by atoms with Crippen molar-refractivity contribution in [3.05, 3.63) is 0 Å². The predicted octanol–water partition coefficient (Wildman–Crippen LogP) is 1.12. The molecular formula is C8H14O5. The Kier molecular flexibility index (Phi) is 5.88. The van der Waals surface area contributed by atoms with Crippen molar-refractivity contribution in [2.24, 2.45) is 0 Å². The van der Waals surface area contributed by atoms with Crippen LogP contribution in [-0.2, 0) is 19.4 Å². The molecule has 0 aliphatic carbocycles. The highest BCUT2D eigenvalue weighted by atomic mass is 17.2. The maximum absolute atomic E-state index is 10.7. The Morgan fingerprint density at radius 3 is 2.54 bits per heavy atom. The van der Waals surface area contributed by atoms with E-state index in [-0.39, 0.29) is 12.8 Å². The lowest BCUT2D eigenvalue weighted by atomic mass is 10.3. The molecular weight excluding hydrogens is 176 g/mol. The lowest BCUT2D eigenvalue weighted by Gasteiger charge is -2.07. The van der Waals surface area contributed by atoms with Gasteiger partial charge in [0.2, 0.25) is 0 Å². The van der Waals surface area contributed by atoms with E-state index in [1.807, 2.05) is 6.92 Å². The minimum Gasteiger partial charge on any atom is -0.481 e. The van der Waals surface area contributed by atoms with E-state index < -0.39 is 18.0 Å². The Labute approximate surface area is 76.6 Å². The highest BCUT2D eigenvalue weighted by Crippen LogP contribution is 2.00. The van der Waals surface area contributed by atoms with Gasteiger partial charge in [0.1, 0.15) is 6.10 Å². The standard InChI is InChI=1S/C8H14O5/c1-3-4-8(11)13-12-6(2)5-7(9)10/h6H,3-5H2,1-2H3,(H,9,10)/t6-/m1/s1. The van der Waals surface area contributed by atoms with Gasteiger partial charge in [-0.2, -0.15) is 4.89 Å². The van der Waals surface area contributed by atoms with Crippen molar-refractivity contribution in [1.82, 2.24) is 0 Å². The molecule has 0 saturated heterocycles. The van der Waals surface area contributed by atoms with Crippen molar-refractivity contribution in [3.8, 4) is 0 Å². The van der Waals surface area contributed by atoms with Crippen LogP contribution in [0.3, 0.4) is 0 Å². The molecule has 0 bridgehead atoms.